The van der Waals surface area contributed by atoms with Crippen molar-refractivity contribution in [3.63, 3.8) is 0 Å². The largest absolute Gasteiger partial charge is 0.326 e. The molecule has 4 bridgehead atoms. The van der Waals surface area contributed by atoms with Crippen LogP contribution in [0.3, 0.4) is 0 Å². The van der Waals surface area contributed by atoms with Crippen LogP contribution in [0.5, 0.6) is 0 Å². The maximum absolute atomic E-state index is 14.4. The first-order valence-corrected chi connectivity index (χ1v) is 13.8. The summed E-state index contributed by atoms with van der Waals surface area (Å²) in [5, 5.41) is 4.68. The number of imide groups is 1. The summed E-state index contributed by atoms with van der Waals surface area (Å²) in [6, 6.07) is 9.82. The lowest BCUT2D eigenvalue weighted by Crippen LogP contribution is -2.57. The lowest BCUT2D eigenvalue weighted by Gasteiger charge is -2.56. The van der Waals surface area contributed by atoms with Crippen LogP contribution in [-0.2, 0) is 25.7 Å². The molecule has 4 saturated carbocycles. The van der Waals surface area contributed by atoms with E-state index in [0.717, 1.165) is 24.1 Å². The molecule has 36 heavy (non-hydrogen) atoms. The highest BCUT2D eigenvalue weighted by Crippen LogP contribution is 2.60. The van der Waals surface area contributed by atoms with Crippen molar-refractivity contribution in [2.45, 2.75) is 64.5 Å². The molecule has 7 rings (SSSR count). The number of amides is 4. The van der Waals surface area contributed by atoms with E-state index in [-0.39, 0.29) is 35.5 Å². The molecular weight excluding hydrogens is 474 g/mol. The zero-order valence-corrected chi connectivity index (χ0v) is 21.3. The van der Waals surface area contributed by atoms with Gasteiger partial charge in [-0.15, -0.1) is 11.3 Å². The molecule has 7 nitrogen and oxygen atoms in total. The molecule has 1 aromatic carbocycles. The molecule has 188 valence electrons. The Labute approximate surface area is 214 Å². The van der Waals surface area contributed by atoms with Gasteiger partial charge in [-0.25, -0.2) is 4.90 Å². The van der Waals surface area contributed by atoms with Gasteiger partial charge in [-0.2, -0.15) is 0 Å². The monoisotopic (exact) mass is 505 g/mol. The molecule has 1 saturated heterocycles. The van der Waals surface area contributed by atoms with Gasteiger partial charge in [-0.1, -0.05) is 6.07 Å². The first kappa shape index (κ1) is 23.4. The van der Waals surface area contributed by atoms with Crippen LogP contribution in [0.15, 0.2) is 41.8 Å². The molecule has 4 amide bonds. The van der Waals surface area contributed by atoms with E-state index < -0.39 is 6.04 Å². The standard InChI is InChI=1S/C28H31N3O4S/c1-17(32)29-21-4-6-22(7-5-21)31-25(33)12-24(26(31)34)30(16-23-3-2-8-36-23)27(35)28-13-18-9-19(14-28)11-20(10-18)15-28/h2-8,18-20,24H,9-16H2,1H3,(H,29,32). The average Bonchev–Trinajstić information content (AvgIpc) is 3.44. The predicted molar refractivity (Wildman–Crippen MR) is 137 cm³/mol. The van der Waals surface area contributed by atoms with Gasteiger partial charge in [-0.3, -0.25) is 19.2 Å². The fourth-order valence-corrected chi connectivity index (χ4v) is 8.30. The molecule has 1 unspecified atom stereocenters. The van der Waals surface area contributed by atoms with E-state index in [0.29, 0.717) is 35.7 Å². The molecule has 1 aliphatic heterocycles. The van der Waals surface area contributed by atoms with Gasteiger partial charge in [0.05, 0.1) is 24.1 Å². The van der Waals surface area contributed by atoms with Gasteiger partial charge in [0, 0.05) is 17.5 Å². The lowest BCUT2D eigenvalue weighted by atomic mass is 9.49. The smallest absolute Gasteiger partial charge is 0.257 e. The Bertz CT molecular complexity index is 1170. The molecule has 5 fully saturated rings. The minimum absolute atomic E-state index is 0.00420. The Kier molecular flexibility index (Phi) is 5.74. The van der Waals surface area contributed by atoms with Crippen LogP contribution in [0.4, 0.5) is 11.4 Å². The van der Waals surface area contributed by atoms with Crippen molar-refractivity contribution in [2.24, 2.45) is 23.2 Å². The first-order chi connectivity index (χ1) is 17.3. The molecule has 1 atom stereocenters. The van der Waals surface area contributed by atoms with Crippen molar-refractivity contribution in [1.82, 2.24) is 4.90 Å². The van der Waals surface area contributed by atoms with E-state index in [1.165, 1.54) is 31.1 Å². The highest BCUT2D eigenvalue weighted by atomic mass is 32.1. The maximum Gasteiger partial charge on any atom is 0.257 e. The molecule has 0 radical (unpaired) electrons. The van der Waals surface area contributed by atoms with Gasteiger partial charge in [0.25, 0.3) is 5.91 Å². The van der Waals surface area contributed by atoms with Gasteiger partial charge in [0.2, 0.25) is 17.7 Å². The van der Waals surface area contributed by atoms with Crippen molar-refractivity contribution in [2.75, 3.05) is 10.2 Å². The lowest BCUT2D eigenvalue weighted by molar-refractivity contribution is -0.162. The Balaban J connectivity index is 1.29. The van der Waals surface area contributed by atoms with Crippen LogP contribution in [0.2, 0.25) is 0 Å². The minimum Gasteiger partial charge on any atom is -0.326 e. The van der Waals surface area contributed by atoms with Crippen LogP contribution in [0, 0.1) is 23.2 Å². The summed E-state index contributed by atoms with van der Waals surface area (Å²) < 4.78 is 0. The Morgan fingerprint density at radius 1 is 1.03 bits per heavy atom. The van der Waals surface area contributed by atoms with Crippen LogP contribution >= 0.6 is 11.3 Å². The van der Waals surface area contributed by atoms with Gasteiger partial charge < -0.3 is 10.2 Å². The van der Waals surface area contributed by atoms with Crippen LogP contribution in [0.1, 0.15) is 56.7 Å². The molecule has 5 aliphatic rings. The second-order valence-corrected chi connectivity index (χ2v) is 12.3. The molecule has 4 aliphatic carbocycles. The van der Waals surface area contributed by atoms with E-state index in [2.05, 4.69) is 5.32 Å². The number of nitrogens with zero attached hydrogens (tertiary/aromatic N) is 2. The number of rotatable bonds is 6. The summed E-state index contributed by atoms with van der Waals surface area (Å²) in [4.78, 5) is 56.5. The Morgan fingerprint density at radius 2 is 1.67 bits per heavy atom. The summed E-state index contributed by atoms with van der Waals surface area (Å²) in [6.07, 6.45) is 6.46. The van der Waals surface area contributed by atoms with E-state index in [4.69, 9.17) is 0 Å². The van der Waals surface area contributed by atoms with E-state index in [1.54, 1.807) is 40.5 Å². The summed E-state index contributed by atoms with van der Waals surface area (Å²) in [5.41, 5.74) is 0.668. The quantitative estimate of drug-likeness (QED) is 0.582. The minimum atomic E-state index is -0.796. The number of thiophene rings is 1. The van der Waals surface area contributed by atoms with Crippen molar-refractivity contribution in [3.05, 3.63) is 46.7 Å². The third-order valence-corrected chi connectivity index (χ3v) is 9.47. The second-order valence-electron chi connectivity index (χ2n) is 11.2. The highest BCUT2D eigenvalue weighted by molar-refractivity contribution is 7.09. The number of carbonyl (C=O) groups excluding carboxylic acids is 4. The van der Waals surface area contributed by atoms with E-state index in [1.807, 2.05) is 17.5 Å². The Morgan fingerprint density at radius 3 is 2.22 bits per heavy atom. The van der Waals surface area contributed by atoms with Crippen molar-refractivity contribution >= 4 is 46.3 Å². The van der Waals surface area contributed by atoms with E-state index in [9.17, 15) is 19.2 Å². The highest BCUT2D eigenvalue weighted by Gasteiger charge is 2.57. The van der Waals surface area contributed by atoms with Gasteiger partial charge in [-0.05, 0) is 92.0 Å². The van der Waals surface area contributed by atoms with Crippen LogP contribution < -0.4 is 10.2 Å². The van der Waals surface area contributed by atoms with Crippen LogP contribution in [0.25, 0.3) is 0 Å². The number of anilines is 2. The van der Waals surface area contributed by atoms with Gasteiger partial charge in [0.15, 0.2) is 0 Å². The Hall–Kier alpha value is -3.00. The molecule has 8 heteroatoms. The maximum atomic E-state index is 14.4. The van der Waals surface area contributed by atoms with Crippen LogP contribution in [-0.4, -0.2) is 34.6 Å². The molecule has 2 heterocycles. The summed E-state index contributed by atoms with van der Waals surface area (Å²) >= 11 is 1.57. The molecular formula is C28H31N3O4S. The second kappa shape index (κ2) is 8.83. The number of nitrogens with one attached hydrogen (secondary N) is 1. The van der Waals surface area contributed by atoms with Gasteiger partial charge in [0.1, 0.15) is 6.04 Å². The zero-order chi connectivity index (χ0) is 25.0. The molecule has 2 aromatic rings. The fraction of sp³-hybridized carbons (Fsp3) is 0.500. The average molecular weight is 506 g/mol. The van der Waals surface area contributed by atoms with Crippen molar-refractivity contribution in [3.8, 4) is 0 Å². The molecule has 0 spiro atoms. The summed E-state index contributed by atoms with van der Waals surface area (Å²) in [7, 11) is 0. The number of benzene rings is 1. The topological polar surface area (TPSA) is 86.8 Å². The predicted octanol–water partition coefficient (Wildman–Crippen LogP) is 4.58. The number of carbonyl (C=O) groups is 4. The summed E-state index contributed by atoms with van der Waals surface area (Å²) in [6.45, 7) is 1.78. The SMILES string of the molecule is CC(=O)Nc1ccc(N2C(=O)CC(N(Cc3cccs3)C(=O)C34CC5CC(CC(C5)C3)C4)C2=O)cc1. The molecule has 1 N–H and O–H groups in total. The number of hydrogen-bond acceptors (Lipinski definition) is 5. The third kappa shape index (κ3) is 4.05. The molecule has 1 aromatic heterocycles. The fourth-order valence-electron chi connectivity index (χ4n) is 7.60. The van der Waals surface area contributed by atoms with Crippen molar-refractivity contribution in [1.29, 1.82) is 0 Å². The normalized spacial score (nSPS) is 30.6. The van der Waals surface area contributed by atoms with E-state index >= 15 is 0 Å². The van der Waals surface area contributed by atoms with Gasteiger partial charge >= 0.3 is 0 Å². The number of hydrogen-bond donors (Lipinski definition) is 1. The zero-order valence-electron chi connectivity index (χ0n) is 20.4. The summed E-state index contributed by atoms with van der Waals surface area (Å²) in [5.74, 6) is 1.08. The van der Waals surface area contributed by atoms with Crippen molar-refractivity contribution < 1.29 is 19.2 Å². The third-order valence-electron chi connectivity index (χ3n) is 8.60. The first-order valence-electron chi connectivity index (χ1n) is 12.9.